The van der Waals surface area contributed by atoms with E-state index >= 15 is 4.79 Å². The van der Waals surface area contributed by atoms with Crippen LogP contribution in [0.4, 0.5) is 5.69 Å². The first-order valence-electron chi connectivity index (χ1n) is 23.2. The molecule has 2 aromatic rings. The van der Waals surface area contributed by atoms with Crippen molar-refractivity contribution in [1.82, 2.24) is 14.6 Å². The van der Waals surface area contributed by atoms with Gasteiger partial charge < -0.3 is 24.0 Å². The summed E-state index contributed by atoms with van der Waals surface area (Å²) in [7, 11) is -1.98. The summed E-state index contributed by atoms with van der Waals surface area (Å²) >= 11 is 0. The van der Waals surface area contributed by atoms with Crippen molar-refractivity contribution in [2.45, 2.75) is 122 Å². The summed E-state index contributed by atoms with van der Waals surface area (Å²) in [4.78, 5) is 65.9. The zero-order chi connectivity index (χ0) is 45.9. The number of hydrogen-bond donors (Lipinski definition) is 1. The van der Waals surface area contributed by atoms with Crippen LogP contribution in [-0.4, -0.2) is 91.6 Å². The molecule has 0 radical (unpaired) electrons. The number of carbonyl (C=O) groups excluding carboxylic acids is 4. The first-order chi connectivity index (χ1) is 29.5. The number of sulfonamides is 1. The standard InChI is InChI=1S/C43H58N4O9S/c1-7-27-20-26(2)10-8-9-11-28-23-43(28,41(51)45-57(52,53)30-12-13-30)24-36(48)35-21-29(25-47(35)40(50)33(27)22-37(49)56-42(3,4)5)55-39-32-14-15-34-38(31(32)16-17-44-39)54-19-18-46(34)6/h9,11,14-17,26-30,33,35H,7-8,10,12-13,18-25H2,1-6H3,(H,45,51)/b11-9-/t26-,27+,28+,29+,33-,35-,43+/m0/s1/i3D3,4D3. The number of amides is 2. The fraction of sp³-hybridized carbons (Fsp3) is 0.651. The van der Waals surface area contributed by atoms with Crippen LogP contribution in [-0.2, 0) is 33.9 Å². The first-order valence-corrected chi connectivity index (χ1v) is 21.7. The van der Waals surface area contributed by atoms with Crippen LogP contribution in [0.3, 0.4) is 0 Å². The van der Waals surface area contributed by atoms with Gasteiger partial charge in [0, 0.05) is 45.1 Å². The molecule has 3 fully saturated rings. The Bertz CT molecular complexity index is 2250. The van der Waals surface area contributed by atoms with Gasteiger partial charge in [-0.1, -0.05) is 32.4 Å². The molecule has 2 amide bonds. The Labute approximate surface area is 344 Å². The van der Waals surface area contributed by atoms with Crippen molar-refractivity contribution in [2.24, 2.45) is 29.1 Å². The number of rotatable bonds is 8. The summed E-state index contributed by atoms with van der Waals surface area (Å²) in [6.07, 6.45) is 6.78. The number of ether oxygens (including phenoxy) is 3. The Morgan fingerprint density at radius 3 is 2.67 bits per heavy atom. The fourth-order valence-electron chi connectivity index (χ4n) is 8.99. The van der Waals surface area contributed by atoms with Crippen LogP contribution in [0.1, 0.15) is 107 Å². The lowest BCUT2D eigenvalue weighted by Gasteiger charge is -2.33. The van der Waals surface area contributed by atoms with E-state index in [0.29, 0.717) is 62.8 Å². The van der Waals surface area contributed by atoms with E-state index < -0.39 is 99.9 Å². The van der Waals surface area contributed by atoms with Gasteiger partial charge in [0.05, 0.1) is 47.8 Å². The Hall–Kier alpha value is -4.20. The summed E-state index contributed by atoms with van der Waals surface area (Å²) in [6.45, 7) is -0.706. The fourth-order valence-corrected chi connectivity index (χ4v) is 10.4. The Kier molecular flexibility index (Phi) is 9.39. The number of nitrogens with zero attached hydrogens (tertiary/aromatic N) is 3. The third-order valence-electron chi connectivity index (χ3n) is 12.4. The highest BCUT2D eigenvalue weighted by molar-refractivity contribution is 7.90. The van der Waals surface area contributed by atoms with Crippen molar-refractivity contribution >= 4 is 50.1 Å². The van der Waals surface area contributed by atoms with E-state index in [1.54, 1.807) is 6.20 Å². The number of allylic oxidation sites excluding steroid dienone is 2. The first kappa shape index (κ1) is 33.7. The number of ketones is 1. The molecule has 4 heterocycles. The quantitative estimate of drug-likeness (QED) is 0.256. The summed E-state index contributed by atoms with van der Waals surface area (Å²) in [5.41, 5.74) is -3.35. The number of anilines is 1. The van der Waals surface area contributed by atoms with E-state index in [1.807, 2.05) is 51.2 Å². The van der Waals surface area contributed by atoms with Gasteiger partial charge in [0.2, 0.25) is 27.7 Å². The minimum atomic E-state index is -3.95. The molecule has 1 saturated heterocycles. The van der Waals surface area contributed by atoms with Gasteiger partial charge in [0.1, 0.15) is 18.3 Å². The zero-order valence-electron chi connectivity index (χ0n) is 39.1. The zero-order valence-corrected chi connectivity index (χ0v) is 33.9. The van der Waals surface area contributed by atoms with Crippen molar-refractivity contribution in [3.63, 3.8) is 0 Å². The van der Waals surface area contributed by atoms with Gasteiger partial charge in [-0.05, 0) is 95.1 Å². The number of Topliss-reactive ketones (excluding diaryl/α,β-unsaturated/α-hetero) is 1. The lowest BCUT2D eigenvalue weighted by molar-refractivity contribution is -0.160. The van der Waals surface area contributed by atoms with Gasteiger partial charge in [-0.2, -0.15) is 0 Å². The molecule has 0 unspecified atom stereocenters. The van der Waals surface area contributed by atoms with Crippen LogP contribution in [0.5, 0.6) is 11.6 Å². The van der Waals surface area contributed by atoms with Crippen LogP contribution >= 0.6 is 0 Å². The molecule has 13 nitrogen and oxygen atoms in total. The molecule has 57 heavy (non-hydrogen) atoms. The monoisotopic (exact) mass is 812 g/mol. The van der Waals surface area contributed by atoms with Crippen LogP contribution < -0.4 is 19.1 Å². The predicted octanol–water partition coefficient (Wildman–Crippen LogP) is 5.74. The lowest BCUT2D eigenvalue weighted by atomic mass is 9.79. The van der Waals surface area contributed by atoms with Crippen molar-refractivity contribution in [3.8, 4) is 11.6 Å². The minimum Gasteiger partial charge on any atom is -0.489 e. The highest BCUT2D eigenvalue weighted by Crippen LogP contribution is 2.57. The van der Waals surface area contributed by atoms with Gasteiger partial charge in [-0.3, -0.25) is 23.9 Å². The second kappa shape index (κ2) is 15.9. The maximum atomic E-state index is 15.2. The largest absolute Gasteiger partial charge is 0.489 e. The topological polar surface area (TPSA) is 162 Å². The second-order valence-electron chi connectivity index (χ2n) is 17.0. The number of esters is 1. The molecule has 1 N–H and O–H groups in total. The third kappa shape index (κ3) is 8.80. The molecule has 3 aliphatic heterocycles. The number of fused-ring (bicyclic) bond motifs is 5. The smallest absolute Gasteiger partial charge is 0.307 e. The molecule has 1 aromatic carbocycles. The SMILES string of the molecule is [2H]C([2H])([2H])C(C)(OC(=O)C[C@@H]1C(=O)N2C[C@H](Oc3nccc4c5c(ccc34)N(C)CCO5)C[C@H]2C(=O)C[C@]2(C(=O)NS(=O)(=O)C3CC3)C[C@H]2/C=C\CC[C@H](C)C[C@H]1CC)C([2H])([2H])[2H]. The molecule has 2 aliphatic carbocycles. The Morgan fingerprint density at radius 2 is 1.93 bits per heavy atom. The van der Waals surface area contributed by atoms with Crippen molar-refractivity contribution in [3.05, 3.63) is 36.5 Å². The summed E-state index contributed by atoms with van der Waals surface area (Å²) in [5, 5.41) is 0.727. The molecule has 0 spiro atoms. The highest BCUT2D eigenvalue weighted by Gasteiger charge is 2.61. The number of benzene rings is 1. The summed E-state index contributed by atoms with van der Waals surface area (Å²) in [5.74, 6) is -4.17. The third-order valence-corrected chi connectivity index (χ3v) is 14.2. The van der Waals surface area contributed by atoms with Crippen molar-refractivity contribution in [2.75, 3.05) is 31.6 Å². The normalized spacial score (nSPS) is 32.2. The molecule has 7 atom stereocenters. The van der Waals surface area contributed by atoms with Gasteiger partial charge in [0.25, 0.3) is 0 Å². The van der Waals surface area contributed by atoms with Crippen LogP contribution in [0.25, 0.3) is 10.8 Å². The average Bonchev–Trinajstić information content (AvgIpc) is 4.13. The van der Waals surface area contributed by atoms with Crippen molar-refractivity contribution < 1.29 is 50.0 Å². The van der Waals surface area contributed by atoms with Gasteiger partial charge in [-0.15, -0.1) is 0 Å². The summed E-state index contributed by atoms with van der Waals surface area (Å²) in [6, 6.07) is 4.42. The minimum absolute atomic E-state index is 0.0149. The number of carbonyl (C=O) groups is 4. The molecular weight excluding hydrogens is 749 g/mol. The van der Waals surface area contributed by atoms with Crippen LogP contribution in [0.15, 0.2) is 36.5 Å². The maximum Gasteiger partial charge on any atom is 0.307 e. The van der Waals surface area contributed by atoms with E-state index in [1.165, 1.54) is 4.90 Å². The van der Waals surface area contributed by atoms with E-state index in [0.717, 1.165) is 18.0 Å². The average molecular weight is 813 g/mol. The maximum absolute atomic E-state index is 15.2. The van der Waals surface area contributed by atoms with Crippen LogP contribution in [0, 0.1) is 29.1 Å². The number of nitrogens with one attached hydrogen (secondary N) is 1. The van der Waals surface area contributed by atoms with E-state index in [4.69, 9.17) is 22.4 Å². The lowest BCUT2D eigenvalue weighted by Crippen LogP contribution is -2.48. The summed E-state index contributed by atoms with van der Waals surface area (Å²) < 4.78 is 94.2. The Morgan fingerprint density at radius 1 is 1.14 bits per heavy atom. The molecule has 7 rings (SSSR count). The molecule has 5 aliphatic rings. The van der Waals surface area contributed by atoms with Gasteiger partial charge in [-0.25, -0.2) is 13.4 Å². The van der Waals surface area contributed by atoms with E-state index in [9.17, 15) is 22.8 Å². The van der Waals surface area contributed by atoms with E-state index in [-0.39, 0.29) is 37.6 Å². The molecule has 310 valence electrons. The Balaban J connectivity index is 1.25. The van der Waals surface area contributed by atoms with E-state index in [2.05, 4.69) is 14.6 Å². The number of pyridine rings is 1. The molecule has 0 bridgehead atoms. The molecule has 2 saturated carbocycles. The number of likely N-dealkylation sites (N-methyl/N-ethyl adjacent to an activating group) is 1. The second-order valence-corrected chi connectivity index (χ2v) is 19.0. The van der Waals surface area contributed by atoms with Crippen LogP contribution in [0.2, 0.25) is 0 Å². The number of aromatic nitrogens is 1. The molecule has 1 aromatic heterocycles. The predicted molar refractivity (Wildman–Crippen MR) is 215 cm³/mol. The van der Waals surface area contributed by atoms with Crippen molar-refractivity contribution in [1.29, 1.82) is 0 Å². The van der Waals surface area contributed by atoms with Gasteiger partial charge in [0.15, 0.2) is 11.5 Å². The number of hydrogen-bond acceptors (Lipinski definition) is 11. The van der Waals surface area contributed by atoms with Gasteiger partial charge >= 0.3 is 5.97 Å². The molecule has 14 heteroatoms. The highest BCUT2D eigenvalue weighted by atomic mass is 32.2. The molecular formula is C43H58N4O9S.